The van der Waals surface area contributed by atoms with Crippen LogP contribution in [-0.2, 0) is 4.79 Å². The van der Waals surface area contributed by atoms with Gasteiger partial charge in [0.2, 0.25) is 5.89 Å². The number of nitrogens with zero attached hydrogens (tertiary/aromatic N) is 2. The molecule has 11 heavy (non-hydrogen) atoms. The molecular weight excluding hydrogens is 146 g/mol. The molecule has 0 atom stereocenters. The maximum absolute atomic E-state index is 10.6. The molecular formula is C6H7N3O2. The third kappa shape index (κ3) is 1.89. The van der Waals surface area contributed by atoms with Gasteiger partial charge < -0.3 is 4.42 Å². The van der Waals surface area contributed by atoms with Crippen LogP contribution in [0, 0.1) is 6.92 Å². The van der Waals surface area contributed by atoms with E-state index in [1.165, 1.54) is 0 Å². The summed E-state index contributed by atoms with van der Waals surface area (Å²) in [5.41, 5.74) is 0. The van der Waals surface area contributed by atoms with Crippen LogP contribution in [0.15, 0.2) is 17.1 Å². The second kappa shape index (κ2) is 2.96. The molecule has 0 aliphatic rings. The second-order valence-electron chi connectivity index (χ2n) is 1.82. The van der Waals surface area contributed by atoms with E-state index in [2.05, 4.69) is 22.1 Å². The van der Waals surface area contributed by atoms with Crippen LogP contribution in [-0.4, -0.2) is 16.1 Å². The van der Waals surface area contributed by atoms with Crippen molar-refractivity contribution >= 4 is 11.9 Å². The van der Waals surface area contributed by atoms with E-state index in [1.807, 2.05) is 0 Å². The Morgan fingerprint density at radius 3 is 2.91 bits per heavy atom. The lowest BCUT2D eigenvalue weighted by Gasteiger charge is -1.90. The van der Waals surface area contributed by atoms with E-state index in [9.17, 15) is 4.79 Å². The zero-order valence-electron chi connectivity index (χ0n) is 6.00. The number of nitrogens with one attached hydrogen (secondary N) is 1. The summed E-state index contributed by atoms with van der Waals surface area (Å²) in [5.74, 6) is 0.0398. The summed E-state index contributed by atoms with van der Waals surface area (Å²) < 4.78 is 4.85. The van der Waals surface area contributed by atoms with Gasteiger partial charge in [0, 0.05) is 6.92 Å². The van der Waals surface area contributed by atoms with Crippen molar-refractivity contribution in [3.8, 4) is 0 Å². The summed E-state index contributed by atoms with van der Waals surface area (Å²) in [6.45, 7) is 4.90. The highest BCUT2D eigenvalue weighted by Crippen LogP contribution is 2.02. The predicted molar refractivity (Wildman–Crippen MR) is 37.9 cm³/mol. The summed E-state index contributed by atoms with van der Waals surface area (Å²) in [5, 5.41) is 9.36. The Kier molecular flexibility index (Phi) is 2.00. The number of hydrogen-bond acceptors (Lipinski definition) is 4. The summed E-state index contributed by atoms with van der Waals surface area (Å²) in [4.78, 5) is 10.6. The Labute approximate surface area is 63.1 Å². The van der Waals surface area contributed by atoms with Gasteiger partial charge in [0.1, 0.15) is 0 Å². The van der Waals surface area contributed by atoms with Crippen LogP contribution >= 0.6 is 0 Å². The molecule has 0 unspecified atom stereocenters. The van der Waals surface area contributed by atoms with Crippen LogP contribution in [0.3, 0.4) is 0 Å². The molecule has 0 radical (unpaired) electrons. The molecule has 5 nitrogen and oxygen atoms in total. The van der Waals surface area contributed by atoms with E-state index >= 15 is 0 Å². The maximum atomic E-state index is 10.6. The summed E-state index contributed by atoms with van der Waals surface area (Å²) in [6.07, 6.45) is 1.12. The molecule has 0 saturated carbocycles. The Balaban J connectivity index is 2.64. The molecule has 1 N–H and O–H groups in total. The van der Waals surface area contributed by atoms with Crippen LogP contribution in [0.25, 0.3) is 0 Å². The monoisotopic (exact) mass is 153 g/mol. The largest absolute Gasteiger partial charge is 0.408 e. The molecule has 1 aromatic rings. The van der Waals surface area contributed by atoms with Gasteiger partial charge in [-0.1, -0.05) is 11.7 Å². The van der Waals surface area contributed by atoms with Gasteiger partial charge in [-0.15, -0.1) is 5.10 Å². The van der Waals surface area contributed by atoms with Crippen molar-refractivity contribution in [1.29, 1.82) is 0 Å². The first-order valence-corrected chi connectivity index (χ1v) is 2.96. The van der Waals surface area contributed by atoms with Crippen LogP contribution in [0.4, 0.5) is 6.01 Å². The molecule has 1 heterocycles. The molecule has 5 heteroatoms. The van der Waals surface area contributed by atoms with Crippen LogP contribution in [0.5, 0.6) is 0 Å². The molecule has 0 aliphatic carbocycles. The standard InChI is InChI=1S/C6H7N3O2/c1-3-5(10)7-6-9-8-4(2)11-6/h3H,1H2,2H3,(H,7,9,10). The Morgan fingerprint density at radius 2 is 2.45 bits per heavy atom. The lowest BCUT2D eigenvalue weighted by atomic mass is 10.6. The van der Waals surface area contributed by atoms with Crippen LogP contribution < -0.4 is 5.32 Å². The minimum Gasteiger partial charge on any atom is -0.408 e. The highest BCUT2D eigenvalue weighted by atomic mass is 16.4. The predicted octanol–water partition coefficient (Wildman–Crippen LogP) is 0.503. The number of anilines is 1. The van der Waals surface area contributed by atoms with Gasteiger partial charge in [-0.3, -0.25) is 10.1 Å². The average Bonchev–Trinajstić information content (AvgIpc) is 2.35. The minimum absolute atomic E-state index is 0.0902. The smallest absolute Gasteiger partial charge is 0.322 e. The van der Waals surface area contributed by atoms with Crippen molar-refractivity contribution in [2.45, 2.75) is 6.92 Å². The first kappa shape index (κ1) is 7.46. The number of amides is 1. The average molecular weight is 153 g/mol. The van der Waals surface area contributed by atoms with Gasteiger partial charge >= 0.3 is 6.01 Å². The fraction of sp³-hybridized carbons (Fsp3) is 0.167. The highest BCUT2D eigenvalue weighted by Gasteiger charge is 2.02. The van der Waals surface area contributed by atoms with Crippen molar-refractivity contribution in [2.75, 3.05) is 5.32 Å². The SMILES string of the molecule is C=CC(=O)Nc1nnc(C)o1. The molecule has 1 rings (SSSR count). The van der Waals surface area contributed by atoms with Crippen molar-refractivity contribution in [3.63, 3.8) is 0 Å². The van der Waals surface area contributed by atoms with E-state index in [0.29, 0.717) is 5.89 Å². The van der Waals surface area contributed by atoms with E-state index in [-0.39, 0.29) is 11.9 Å². The first-order chi connectivity index (χ1) is 5.22. The maximum Gasteiger partial charge on any atom is 0.322 e. The van der Waals surface area contributed by atoms with Gasteiger partial charge in [0.15, 0.2) is 0 Å². The lowest BCUT2D eigenvalue weighted by molar-refractivity contribution is -0.112. The Bertz CT molecular complexity index is 279. The minimum atomic E-state index is -0.367. The molecule has 58 valence electrons. The van der Waals surface area contributed by atoms with Gasteiger partial charge in [-0.05, 0) is 6.08 Å². The molecule has 1 aromatic heterocycles. The fourth-order valence-electron chi connectivity index (χ4n) is 0.503. The number of hydrogen-bond donors (Lipinski definition) is 1. The number of rotatable bonds is 2. The lowest BCUT2D eigenvalue weighted by Crippen LogP contribution is -2.07. The normalized spacial score (nSPS) is 9.18. The van der Waals surface area contributed by atoms with Gasteiger partial charge in [0.05, 0.1) is 0 Å². The zero-order valence-corrected chi connectivity index (χ0v) is 6.00. The third-order valence-electron chi connectivity index (χ3n) is 0.942. The quantitative estimate of drug-likeness (QED) is 0.628. The molecule has 0 bridgehead atoms. The van der Waals surface area contributed by atoms with Crippen LogP contribution in [0.1, 0.15) is 5.89 Å². The van der Waals surface area contributed by atoms with Crippen molar-refractivity contribution in [1.82, 2.24) is 10.2 Å². The Morgan fingerprint density at radius 1 is 1.73 bits per heavy atom. The number of carbonyl (C=O) groups is 1. The van der Waals surface area contributed by atoms with Crippen molar-refractivity contribution < 1.29 is 9.21 Å². The van der Waals surface area contributed by atoms with Crippen molar-refractivity contribution in [2.24, 2.45) is 0 Å². The van der Waals surface area contributed by atoms with Gasteiger partial charge in [-0.2, -0.15) is 0 Å². The molecule has 0 saturated heterocycles. The topological polar surface area (TPSA) is 68.0 Å². The fourth-order valence-corrected chi connectivity index (χ4v) is 0.503. The van der Waals surface area contributed by atoms with E-state index in [1.54, 1.807) is 6.92 Å². The highest BCUT2D eigenvalue weighted by molar-refractivity contribution is 5.97. The number of carbonyl (C=O) groups excluding carboxylic acids is 1. The molecule has 0 aliphatic heterocycles. The second-order valence-corrected chi connectivity index (χ2v) is 1.82. The van der Waals surface area contributed by atoms with Crippen molar-refractivity contribution in [3.05, 3.63) is 18.5 Å². The van der Waals surface area contributed by atoms with Gasteiger partial charge in [-0.25, -0.2) is 0 Å². The number of aromatic nitrogens is 2. The van der Waals surface area contributed by atoms with E-state index < -0.39 is 0 Å². The Hall–Kier alpha value is -1.65. The van der Waals surface area contributed by atoms with E-state index in [4.69, 9.17) is 4.42 Å². The summed E-state index contributed by atoms with van der Waals surface area (Å²) >= 11 is 0. The first-order valence-electron chi connectivity index (χ1n) is 2.96. The van der Waals surface area contributed by atoms with Crippen LogP contribution in [0.2, 0.25) is 0 Å². The molecule has 0 spiro atoms. The summed E-state index contributed by atoms with van der Waals surface area (Å²) in [6, 6.07) is 0.0902. The summed E-state index contributed by atoms with van der Waals surface area (Å²) in [7, 11) is 0. The molecule has 0 fully saturated rings. The third-order valence-corrected chi connectivity index (χ3v) is 0.942. The molecule has 1 amide bonds. The van der Waals surface area contributed by atoms with E-state index in [0.717, 1.165) is 6.08 Å². The van der Waals surface area contributed by atoms with Gasteiger partial charge in [0.25, 0.3) is 5.91 Å². The molecule has 0 aromatic carbocycles. The number of aryl methyl sites for hydroxylation is 1. The zero-order chi connectivity index (χ0) is 8.27.